The van der Waals surface area contributed by atoms with Crippen LogP contribution in [0.25, 0.3) is 0 Å². The largest absolute Gasteiger partial charge is 0.415 e. The molecule has 0 heterocycles. The van der Waals surface area contributed by atoms with Crippen LogP contribution in [0.3, 0.4) is 0 Å². The smallest absolute Gasteiger partial charge is 0.410 e. The fourth-order valence-electron chi connectivity index (χ4n) is 2.31. The standard InChI is InChI=1S/C18H31NO2Si/c1-9-19(10-2)17(20)21-15-12-11-14(18(3,4)5)13-16(15)22(6,7)8/h11-13H,9-10H2,1-8H3. The van der Waals surface area contributed by atoms with Crippen LogP contribution in [-0.4, -0.2) is 32.2 Å². The minimum Gasteiger partial charge on any atom is -0.410 e. The number of hydrogen-bond donors (Lipinski definition) is 0. The number of carbonyl (C=O) groups excluding carboxylic acids is 1. The van der Waals surface area contributed by atoms with E-state index in [0.29, 0.717) is 13.1 Å². The normalized spacial score (nSPS) is 12.2. The van der Waals surface area contributed by atoms with Crippen molar-refractivity contribution in [1.82, 2.24) is 4.90 Å². The Kier molecular flexibility index (Phi) is 5.85. The van der Waals surface area contributed by atoms with E-state index in [-0.39, 0.29) is 11.5 Å². The Hall–Kier alpha value is -1.29. The molecular formula is C18H31NO2Si. The average Bonchev–Trinajstić information content (AvgIpc) is 2.38. The number of nitrogens with zero attached hydrogens (tertiary/aromatic N) is 1. The van der Waals surface area contributed by atoms with Gasteiger partial charge in [0.15, 0.2) is 0 Å². The lowest BCUT2D eigenvalue weighted by atomic mass is 9.87. The van der Waals surface area contributed by atoms with Crippen molar-refractivity contribution in [2.24, 2.45) is 0 Å². The van der Waals surface area contributed by atoms with Gasteiger partial charge in [0.25, 0.3) is 0 Å². The van der Waals surface area contributed by atoms with Gasteiger partial charge in [-0.15, -0.1) is 0 Å². The van der Waals surface area contributed by atoms with Crippen molar-refractivity contribution in [1.29, 1.82) is 0 Å². The van der Waals surface area contributed by atoms with Gasteiger partial charge in [0.05, 0.1) is 8.07 Å². The molecule has 4 heteroatoms. The summed E-state index contributed by atoms with van der Waals surface area (Å²) >= 11 is 0. The van der Waals surface area contributed by atoms with Crippen LogP contribution in [0.1, 0.15) is 40.2 Å². The Labute approximate surface area is 136 Å². The molecule has 0 aliphatic carbocycles. The predicted octanol–water partition coefficient (Wildman–Crippen LogP) is 4.37. The molecule has 0 saturated heterocycles. The van der Waals surface area contributed by atoms with Gasteiger partial charge in [0, 0.05) is 13.1 Å². The molecule has 0 atom stereocenters. The highest BCUT2D eigenvalue weighted by Crippen LogP contribution is 2.25. The van der Waals surface area contributed by atoms with Gasteiger partial charge in [-0.1, -0.05) is 52.5 Å². The Morgan fingerprint density at radius 1 is 1.14 bits per heavy atom. The first-order valence-electron chi connectivity index (χ1n) is 8.12. The van der Waals surface area contributed by atoms with Gasteiger partial charge in [0.1, 0.15) is 5.75 Å². The summed E-state index contributed by atoms with van der Waals surface area (Å²) in [6.07, 6.45) is -0.256. The van der Waals surface area contributed by atoms with E-state index in [9.17, 15) is 4.79 Å². The summed E-state index contributed by atoms with van der Waals surface area (Å²) in [5.41, 5.74) is 1.38. The molecule has 1 amide bonds. The number of amides is 1. The van der Waals surface area contributed by atoms with Crippen LogP contribution in [-0.2, 0) is 5.41 Å². The topological polar surface area (TPSA) is 29.5 Å². The highest BCUT2D eigenvalue weighted by molar-refractivity contribution is 6.89. The fourth-order valence-corrected chi connectivity index (χ4v) is 3.77. The van der Waals surface area contributed by atoms with Crippen molar-refractivity contribution in [3.63, 3.8) is 0 Å². The minimum atomic E-state index is -1.61. The molecule has 0 aliphatic heterocycles. The molecule has 1 rings (SSSR count). The predicted molar refractivity (Wildman–Crippen MR) is 97.1 cm³/mol. The Morgan fingerprint density at radius 3 is 2.09 bits per heavy atom. The van der Waals surface area contributed by atoms with Gasteiger partial charge < -0.3 is 9.64 Å². The molecule has 0 bridgehead atoms. The maximum Gasteiger partial charge on any atom is 0.415 e. The molecule has 0 fully saturated rings. The summed E-state index contributed by atoms with van der Waals surface area (Å²) in [6.45, 7) is 18.7. The average molecular weight is 322 g/mol. The molecule has 0 aromatic heterocycles. The lowest BCUT2D eigenvalue weighted by molar-refractivity contribution is 0.157. The lowest BCUT2D eigenvalue weighted by Crippen LogP contribution is -2.41. The highest BCUT2D eigenvalue weighted by Gasteiger charge is 2.26. The number of ether oxygens (including phenoxy) is 1. The number of rotatable bonds is 4. The number of hydrogen-bond acceptors (Lipinski definition) is 2. The highest BCUT2D eigenvalue weighted by atomic mass is 28.3. The number of carbonyl (C=O) groups is 1. The van der Waals surface area contributed by atoms with E-state index in [1.807, 2.05) is 19.9 Å². The van der Waals surface area contributed by atoms with Crippen LogP contribution in [0.5, 0.6) is 5.75 Å². The molecule has 0 unspecified atom stereocenters. The third-order valence-corrected chi connectivity index (χ3v) is 5.88. The van der Waals surface area contributed by atoms with E-state index in [1.54, 1.807) is 4.90 Å². The SMILES string of the molecule is CCN(CC)C(=O)Oc1ccc(C(C)(C)C)cc1[Si](C)(C)C. The van der Waals surface area contributed by atoms with E-state index in [4.69, 9.17) is 4.74 Å². The zero-order valence-corrected chi connectivity index (χ0v) is 16.4. The van der Waals surface area contributed by atoms with Crippen LogP contribution in [0.2, 0.25) is 19.6 Å². The summed E-state index contributed by atoms with van der Waals surface area (Å²) in [5, 5.41) is 1.21. The van der Waals surface area contributed by atoms with Crippen LogP contribution in [0, 0.1) is 0 Å². The van der Waals surface area contributed by atoms with Gasteiger partial charge in [-0.2, -0.15) is 0 Å². The monoisotopic (exact) mass is 321 g/mol. The summed E-state index contributed by atoms with van der Waals surface area (Å²) in [5.74, 6) is 0.726. The maximum atomic E-state index is 12.3. The molecule has 22 heavy (non-hydrogen) atoms. The van der Waals surface area contributed by atoms with Crippen LogP contribution >= 0.6 is 0 Å². The van der Waals surface area contributed by atoms with Crippen molar-refractivity contribution in [3.8, 4) is 5.75 Å². The second kappa shape index (κ2) is 6.86. The molecule has 1 aromatic carbocycles. The van der Waals surface area contributed by atoms with Crippen molar-refractivity contribution in [2.45, 2.75) is 59.7 Å². The zero-order chi connectivity index (χ0) is 17.1. The van der Waals surface area contributed by atoms with Crippen molar-refractivity contribution in [2.75, 3.05) is 13.1 Å². The van der Waals surface area contributed by atoms with Gasteiger partial charge in [0.2, 0.25) is 0 Å². The van der Waals surface area contributed by atoms with Gasteiger partial charge in [-0.05, 0) is 36.1 Å². The molecule has 124 valence electrons. The Bertz CT molecular complexity index is 523. The molecule has 3 nitrogen and oxygen atoms in total. The van der Waals surface area contributed by atoms with Gasteiger partial charge >= 0.3 is 6.09 Å². The Balaban J connectivity index is 3.23. The first-order chi connectivity index (χ1) is 10.0. The van der Waals surface area contributed by atoms with Gasteiger partial charge in [-0.3, -0.25) is 0 Å². The molecule has 0 spiro atoms. The van der Waals surface area contributed by atoms with Gasteiger partial charge in [-0.25, -0.2) is 4.79 Å². The maximum absolute atomic E-state index is 12.3. The second-order valence-electron chi connectivity index (χ2n) is 7.75. The quantitative estimate of drug-likeness (QED) is 0.771. The third-order valence-electron chi connectivity index (χ3n) is 3.87. The van der Waals surface area contributed by atoms with E-state index < -0.39 is 8.07 Å². The van der Waals surface area contributed by atoms with E-state index >= 15 is 0 Å². The molecule has 0 N–H and O–H groups in total. The summed E-state index contributed by atoms with van der Waals surface area (Å²) < 4.78 is 5.71. The first-order valence-corrected chi connectivity index (χ1v) is 11.6. The van der Waals surface area contributed by atoms with Crippen LogP contribution < -0.4 is 9.92 Å². The second-order valence-corrected chi connectivity index (χ2v) is 12.8. The van der Waals surface area contributed by atoms with Crippen LogP contribution in [0.4, 0.5) is 4.79 Å². The summed E-state index contributed by atoms with van der Waals surface area (Å²) in [4.78, 5) is 14.0. The molecule has 1 aromatic rings. The van der Waals surface area contributed by atoms with Crippen molar-refractivity contribution in [3.05, 3.63) is 23.8 Å². The summed E-state index contributed by atoms with van der Waals surface area (Å²) in [6, 6.07) is 6.28. The van der Waals surface area contributed by atoms with Crippen LogP contribution in [0.15, 0.2) is 18.2 Å². The third kappa shape index (κ3) is 4.60. The molecular weight excluding hydrogens is 290 g/mol. The molecule has 0 aliphatic rings. The Morgan fingerprint density at radius 2 is 1.68 bits per heavy atom. The fraction of sp³-hybridized carbons (Fsp3) is 0.611. The van der Waals surface area contributed by atoms with E-state index in [1.165, 1.54) is 10.8 Å². The van der Waals surface area contributed by atoms with E-state index in [2.05, 4.69) is 52.5 Å². The molecule has 0 saturated carbocycles. The first kappa shape index (κ1) is 18.8. The number of benzene rings is 1. The van der Waals surface area contributed by atoms with Crippen molar-refractivity contribution >= 4 is 19.4 Å². The van der Waals surface area contributed by atoms with E-state index in [0.717, 1.165) is 5.75 Å². The molecule has 0 radical (unpaired) electrons. The van der Waals surface area contributed by atoms with Crippen molar-refractivity contribution < 1.29 is 9.53 Å². The lowest BCUT2D eigenvalue weighted by Gasteiger charge is -2.27. The summed E-state index contributed by atoms with van der Waals surface area (Å²) in [7, 11) is -1.61. The minimum absolute atomic E-state index is 0.0931. The zero-order valence-electron chi connectivity index (χ0n) is 15.4.